The molecule has 1 aliphatic carbocycles. The first-order valence-corrected chi connectivity index (χ1v) is 6.62. The lowest BCUT2D eigenvalue weighted by atomic mass is 9.67. The van der Waals surface area contributed by atoms with Gasteiger partial charge in [-0.25, -0.2) is 0 Å². The number of aromatic nitrogens is 1. The maximum atomic E-state index is 12.0. The number of carbonyl (C=O) groups is 1. The predicted molar refractivity (Wildman–Crippen MR) is 78.3 cm³/mol. The molecule has 0 spiro atoms. The number of rotatable bonds is 5. The summed E-state index contributed by atoms with van der Waals surface area (Å²) in [6.07, 6.45) is 6.52. The Morgan fingerprint density at radius 3 is 2.79 bits per heavy atom. The van der Waals surface area contributed by atoms with Crippen LogP contribution in [0.2, 0.25) is 0 Å². The lowest BCUT2D eigenvalue weighted by molar-refractivity contribution is 0.0850. The number of nitrogens with one attached hydrogen (secondary N) is 1. The molecular formula is C14H22ClN3O. The van der Waals surface area contributed by atoms with E-state index in [0.29, 0.717) is 17.5 Å². The number of hydrogen-bond acceptors (Lipinski definition) is 3. The molecule has 19 heavy (non-hydrogen) atoms. The second-order valence-corrected chi connectivity index (χ2v) is 5.13. The average Bonchev–Trinajstić information content (AvgIpc) is 2.38. The molecule has 0 radical (unpaired) electrons. The monoisotopic (exact) mass is 283 g/mol. The molecule has 1 amide bonds. The second-order valence-electron chi connectivity index (χ2n) is 5.13. The third kappa shape index (κ3) is 3.67. The minimum Gasteiger partial charge on any atom is -0.351 e. The molecule has 3 N–H and O–H groups in total. The lowest BCUT2D eigenvalue weighted by Gasteiger charge is -2.41. The Labute approximate surface area is 120 Å². The molecule has 0 bridgehead atoms. The van der Waals surface area contributed by atoms with Gasteiger partial charge in [0.25, 0.3) is 5.91 Å². The number of halogens is 1. The van der Waals surface area contributed by atoms with Crippen LogP contribution in [0.1, 0.15) is 48.7 Å². The molecule has 4 nitrogen and oxygen atoms in total. The Kier molecular flexibility index (Phi) is 5.76. The molecule has 0 aliphatic heterocycles. The van der Waals surface area contributed by atoms with Crippen molar-refractivity contribution in [2.45, 2.75) is 39.2 Å². The average molecular weight is 284 g/mol. The van der Waals surface area contributed by atoms with E-state index in [1.807, 2.05) is 0 Å². The third-order valence-electron chi connectivity index (χ3n) is 4.08. The van der Waals surface area contributed by atoms with Crippen molar-refractivity contribution in [2.75, 3.05) is 6.54 Å². The number of nitrogens with zero attached hydrogens (tertiary/aromatic N) is 1. The van der Waals surface area contributed by atoms with Crippen LogP contribution in [0, 0.1) is 5.41 Å². The zero-order valence-electron chi connectivity index (χ0n) is 11.3. The van der Waals surface area contributed by atoms with Crippen LogP contribution in [0.25, 0.3) is 0 Å². The predicted octanol–water partition coefficient (Wildman–Crippen LogP) is 2.27. The number of nitrogens with two attached hydrogens (primary N) is 1. The quantitative estimate of drug-likeness (QED) is 0.871. The number of amides is 1. The highest BCUT2D eigenvalue weighted by Gasteiger charge is 2.35. The van der Waals surface area contributed by atoms with Crippen molar-refractivity contribution in [3.8, 4) is 0 Å². The summed E-state index contributed by atoms with van der Waals surface area (Å²) in [6.45, 7) is 3.34. The van der Waals surface area contributed by atoms with Gasteiger partial charge in [0.1, 0.15) is 0 Å². The number of hydrogen-bond donors (Lipinski definition) is 2. The molecule has 0 unspecified atom stereocenters. The fraction of sp³-hybridized carbons (Fsp3) is 0.571. The van der Waals surface area contributed by atoms with E-state index in [1.54, 1.807) is 18.3 Å². The van der Waals surface area contributed by atoms with Gasteiger partial charge in [0.05, 0.1) is 5.69 Å². The summed E-state index contributed by atoms with van der Waals surface area (Å²) in [5.41, 5.74) is 7.26. The summed E-state index contributed by atoms with van der Waals surface area (Å²) in [6, 6.07) is 3.49. The molecule has 1 aromatic rings. The largest absolute Gasteiger partial charge is 0.351 e. The van der Waals surface area contributed by atoms with Crippen LogP contribution in [0.3, 0.4) is 0 Å². The SMILES string of the molecule is CCC1(CNC(=O)c2ccnc(CN)c2)CCC1.Cl. The van der Waals surface area contributed by atoms with Gasteiger partial charge in [-0.2, -0.15) is 0 Å². The van der Waals surface area contributed by atoms with Crippen molar-refractivity contribution >= 4 is 18.3 Å². The molecule has 1 aromatic heterocycles. The van der Waals surface area contributed by atoms with E-state index in [-0.39, 0.29) is 18.3 Å². The van der Waals surface area contributed by atoms with E-state index in [2.05, 4.69) is 17.2 Å². The normalized spacial score (nSPS) is 16.1. The highest BCUT2D eigenvalue weighted by atomic mass is 35.5. The van der Waals surface area contributed by atoms with E-state index in [4.69, 9.17) is 5.73 Å². The first-order chi connectivity index (χ1) is 8.69. The van der Waals surface area contributed by atoms with Crippen molar-refractivity contribution in [3.63, 3.8) is 0 Å². The zero-order valence-corrected chi connectivity index (χ0v) is 12.1. The first kappa shape index (κ1) is 15.9. The van der Waals surface area contributed by atoms with Gasteiger partial charge in [0, 0.05) is 24.8 Å². The summed E-state index contributed by atoms with van der Waals surface area (Å²) in [5, 5.41) is 3.04. The van der Waals surface area contributed by atoms with Crippen LogP contribution in [-0.2, 0) is 6.54 Å². The smallest absolute Gasteiger partial charge is 0.251 e. The van der Waals surface area contributed by atoms with Crippen LogP contribution in [0.4, 0.5) is 0 Å². The Morgan fingerprint density at radius 1 is 1.53 bits per heavy atom. The maximum Gasteiger partial charge on any atom is 0.251 e. The summed E-state index contributed by atoms with van der Waals surface area (Å²) in [5.74, 6) is -0.0215. The van der Waals surface area contributed by atoms with Gasteiger partial charge in [-0.1, -0.05) is 13.3 Å². The van der Waals surface area contributed by atoms with E-state index in [1.165, 1.54) is 19.3 Å². The van der Waals surface area contributed by atoms with Crippen LogP contribution in [0.15, 0.2) is 18.3 Å². The van der Waals surface area contributed by atoms with Gasteiger partial charge in [-0.3, -0.25) is 9.78 Å². The van der Waals surface area contributed by atoms with E-state index in [0.717, 1.165) is 18.7 Å². The van der Waals surface area contributed by atoms with E-state index >= 15 is 0 Å². The van der Waals surface area contributed by atoms with Gasteiger partial charge in [-0.05, 0) is 36.8 Å². The van der Waals surface area contributed by atoms with Crippen molar-refractivity contribution in [2.24, 2.45) is 11.1 Å². The standard InChI is InChI=1S/C14H21N3O.ClH/c1-2-14(5-3-6-14)10-17-13(18)11-4-7-16-12(8-11)9-15;/h4,7-8H,2-3,5-6,9-10,15H2,1H3,(H,17,18);1H. The lowest BCUT2D eigenvalue weighted by Crippen LogP contribution is -2.41. The highest BCUT2D eigenvalue weighted by Crippen LogP contribution is 2.43. The molecule has 1 saturated carbocycles. The number of carbonyl (C=O) groups excluding carboxylic acids is 1. The molecule has 0 atom stereocenters. The summed E-state index contributed by atoms with van der Waals surface area (Å²) in [7, 11) is 0. The molecule has 0 saturated heterocycles. The van der Waals surface area contributed by atoms with Crippen LogP contribution in [0.5, 0.6) is 0 Å². The first-order valence-electron chi connectivity index (χ1n) is 6.62. The molecule has 5 heteroatoms. The summed E-state index contributed by atoms with van der Waals surface area (Å²) >= 11 is 0. The molecule has 0 aromatic carbocycles. The van der Waals surface area contributed by atoms with Crippen molar-refractivity contribution in [1.82, 2.24) is 10.3 Å². The van der Waals surface area contributed by atoms with Gasteiger partial charge in [-0.15, -0.1) is 12.4 Å². The van der Waals surface area contributed by atoms with Gasteiger partial charge in [0.2, 0.25) is 0 Å². The Morgan fingerprint density at radius 2 is 2.26 bits per heavy atom. The Balaban J connectivity index is 0.00000180. The Bertz CT molecular complexity index is 427. The van der Waals surface area contributed by atoms with Crippen molar-refractivity contribution in [1.29, 1.82) is 0 Å². The molecule has 106 valence electrons. The minimum absolute atomic E-state index is 0. The fourth-order valence-corrected chi connectivity index (χ4v) is 2.43. The number of pyridine rings is 1. The minimum atomic E-state index is -0.0215. The van der Waals surface area contributed by atoms with Crippen LogP contribution < -0.4 is 11.1 Å². The molecular weight excluding hydrogens is 262 g/mol. The van der Waals surface area contributed by atoms with Gasteiger partial charge >= 0.3 is 0 Å². The van der Waals surface area contributed by atoms with Crippen molar-refractivity contribution in [3.05, 3.63) is 29.6 Å². The Hall–Kier alpha value is -1.13. The highest BCUT2D eigenvalue weighted by molar-refractivity contribution is 5.94. The summed E-state index contributed by atoms with van der Waals surface area (Å²) in [4.78, 5) is 16.1. The van der Waals surface area contributed by atoms with E-state index < -0.39 is 0 Å². The van der Waals surface area contributed by atoms with Crippen LogP contribution >= 0.6 is 12.4 Å². The van der Waals surface area contributed by atoms with Crippen LogP contribution in [-0.4, -0.2) is 17.4 Å². The van der Waals surface area contributed by atoms with Crippen molar-refractivity contribution < 1.29 is 4.79 Å². The molecule has 1 aliphatic rings. The third-order valence-corrected chi connectivity index (χ3v) is 4.08. The topological polar surface area (TPSA) is 68.0 Å². The molecule has 2 rings (SSSR count). The maximum absolute atomic E-state index is 12.0. The van der Waals surface area contributed by atoms with Gasteiger partial charge < -0.3 is 11.1 Å². The second kappa shape index (κ2) is 6.87. The van der Waals surface area contributed by atoms with E-state index in [9.17, 15) is 4.79 Å². The molecule has 1 heterocycles. The molecule has 1 fully saturated rings. The zero-order chi connectivity index (χ0) is 13.0. The fourth-order valence-electron chi connectivity index (χ4n) is 2.43. The van der Waals surface area contributed by atoms with Gasteiger partial charge in [0.15, 0.2) is 0 Å². The summed E-state index contributed by atoms with van der Waals surface area (Å²) < 4.78 is 0.